The van der Waals surface area contributed by atoms with Crippen LogP contribution >= 0.6 is 47.2 Å². The van der Waals surface area contributed by atoms with Crippen LogP contribution in [0.4, 0.5) is 0 Å². The molecule has 1 atom stereocenters. The van der Waals surface area contributed by atoms with Crippen LogP contribution in [0.1, 0.15) is 19.4 Å². The van der Waals surface area contributed by atoms with Crippen molar-refractivity contribution < 1.29 is 14.7 Å². The van der Waals surface area contributed by atoms with Crippen LogP contribution in [0, 0.1) is 5.92 Å². The minimum Gasteiger partial charge on any atom is -0.548 e. The van der Waals surface area contributed by atoms with Crippen LogP contribution in [-0.4, -0.2) is 27.1 Å². The molecule has 4 nitrogen and oxygen atoms in total. The van der Waals surface area contributed by atoms with Gasteiger partial charge in [0.25, 0.3) is 5.91 Å². The molecular weight excluding hydrogens is 377 g/mol. The maximum Gasteiger partial charge on any atom is 0.266 e. The molecule has 1 fully saturated rings. The van der Waals surface area contributed by atoms with Gasteiger partial charge in [0.05, 0.1) is 27.0 Å². The van der Waals surface area contributed by atoms with E-state index in [1.54, 1.807) is 38.1 Å². The Bertz CT molecular complexity index is 719. The molecule has 1 aromatic carbocycles. The highest BCUT2D eigenvalue weighted by atomic mass is 35.5. The Balaban J connectivity index is 2.35. The van der Waals surface area contributed by atoms with E-state index in [0.29, 0.717) is 20.5 Å². The summed E-state index contributed by atoms with van der Waals surface area (Å²) >= 11 is 18.0. The second-order valence-electron chi connectivity index (χ2n) is 5.23. The molecule has 0 radical (unpaired) electrons. The van der Waals surface area contributed by atoms with Crippen molar-refractivity contribution in [3.8, 4) is 0 Å². The second kappa shape index (κ2) is 7.21. The first-order valence-corrected chi connectivity index (χ1v) is 8.63. The molecule has 2 rings (SSSR count). The molecule has 1 aliphatic rings. The van der Waals surface area contributed by atoms with Gasteiger partial charge in [-0.25, -0.2) is 0 Å². The molecule has 0 N–H and O–H groups in total. The maximum atomic E-state index is 12.5. The average molecular weight is 389 g/mol. The third-order valence-electron chi connectivity index (χ3n) is 3.22. The summed E-state index contributed by atoms with van der Waals surface area (Å²) < 4.78 is 0.198. The smallest absolute Gasteiger partial charge is 0.266 e. The van der Waals surface area contributed by atoms with Gasteiger partial charge in [-0.05, 0) is 29.7 Å². The van der Waals surface area contributed by atoms with Gasteiger partial charge < -0.3 is 9.90 Å². The van der Waals surface area contributed by atoms with Crippen LogP contribution in [0.2, 0.25) is 10.0 Å². The first-order chi connectivity index (χ1) is 10.7. The largest absolute Gasteiger partial charge is 0.548 e. The van der Waals surface area contributed by atoms with Gasteiger partial charge in [-0.2, -0.15) is 0 Å². The molecule has 1 aliphatic heterocycles. The highest BCUT2D eigenvalue weighted by Crippen LogP contribution is 2.36. The van der Waals surface area contributed by atoms with E-state index < -0.39 is 17.9 Å². The van der Waals surface area contributed by atoms with Crippen LogP contribution < -0.4 is 5.11 Å². The molecule has 0 unspecified atom stereocenters. The summed E-state index contributed by atoms with van der Waals surface area (Å²) in [5.74, 6) is -2.10. The lowest BCUT2D eigenvalue weighted by molar-refractivity contribution is -0.311. The SMILES string of the molecule is CC(C)[C@H](C(=O)[O-])N1C(=O)/C(=C\c2ccc(Cl)c(Cl)c2)SC1=S. The Morgan fingerprint density at radius 3 is 2.52 bits per heavy atom. The summed E-state index contributed by atoms with van der Waals surface area (Å²) in [6, 6.07) is 3.85. The predicted octanol–water partition coefficient (Wildman–Crippen LogP) is 2.97. The van der Waals surface area contributed by atoms with Crippen molar-refractivity contribution in [2.45, 2.75) is 19.9 Å². The highest BCUT2D eigenvalue weighted by Gasteiger charge is 2.39. The number of rotatable bonds is 4. The number of aliphatic carboxylic acids is 1. The number of nitrogens with zero attached hydrogens (tertiary/aromatic N) is 1. The van der Waals surface area contributed by atoms with Crippen molar-refractivity contribution in [3.63, 3.8) is 0 Å². The Labute approximate surface area is 153 Å². The molecule has 0 spiro atoms. The summed E-state index contributed by atoms with van der Waals surface area (Å²) in [4.78, 5) is 25.3. The third-order valence-corrected chi connectivity index (χ3v) is 5.29. The maximum absolute atomic E-state index is 12.5. The normalized spacial score (nSPS) is 18.1. The van der Waals surface area contributed by atoms with Crippen LogP contribution in [0.5, 0.6) is 0 Å². The van der Waals surface area contributed by atoms with Crippen molar-refractivity contribution in [1.29, 1.82) is 0 Å². The lowest BCUT2D eigenvalue weighted by Crippen LogP contribution is -2.52. The van der Waals surface area contributed by atoms with Crippen molar-refractivity contribution in [2.24, 2.45) is 5.92 Å². The number of carbonyl (C=O) groups is 2. The van der Waals surface area contributed by atoms with E-state index in [1.165, 1.54) is 0 Å². The number of hydrogen-bond donors (Lipinski definition) is 0. The molecule has 1 amide bonds. The zero-order valence-corrected chi connectivity index (χ0v) is 15.4. The molecule has 0 aliphatic carbocycles. The molecule has 1 aromatic rings. The number of amides is 1. The first kappa shape index (κ1) is 18.3. The van der Waals surface area contributed by atoms with Gasteiger partial charge in [0.2, 0.25) is 0 Å². The third kappa shape index (κ3) is 3.88. The number of benzene rings is 1. The number of thioether (sulfide) groups is 1. The molecule has 8 heteroatoms. The highest BCUT2D eigenvalue weighted by molar-refractivity contribution is 8.26. The standard InChI is InChI=1S/C15H13Cl2NO3S2/c1-7(2)12(14(20)21)18-13(19)11(23-15(18)22)6-8-3-4-9(16)10(17)5-8/h3-7,12H,1-2H3,(H,20,21)/p-1/b11-6+/t12-/m1/s1. The molecule has 1 saturated heterocycles. The molecule has 122 valence electrons. The number of thiocarbonyl (C=S) groups is 1. The van der Waals surface area contributed by atoms with Crippen LogP contribution in [0.25, 0.3) is 6.08 Å². The van der Waals surface area contributed by atoms with Gasteiger partial charge in [0.15, 0.2) is 0 Å². The fraction of sp³-hybridized carbons (Fsp3) is 0.267. The Morgan fingerprint density at radius 2 is 2.00 bits per heavy atom. The topological polar surface area (TPSA) is 60.4 Å². The Morgan fingerprint density at radius 1 is 1.35 bits per heavy atom. The summed E-state index contributed by atoms with van der Waals surface area (Å²) in [6.45, 7) is 3.39. The van der Waals surface area contributed by atoms with Crippen molar-refractivity contribution in [2.75, 3.05) is 0 Å². The number of carboxylic acid groups (broad SMARTS) is 1. The summed E-state index contributed by atoms with van der Waals surface area (Å²) in [5, 5.41) is 12.1. The summed E-state index contributed by atoms with van der Waals surface area (Å²) in [6.07, 6.45) is 1.61. The van der Waals surface area contributed by atoms with Gasteiger partial charge >= 0.3 is 0 Å². The predicted molar refractivity (Wildman–Crippen MR) is 95.1 cm³/mol. The van der Waals surface area contributed by atoms with Crippen LogP contribution in [0.15, 0.2) is 23.1 Å². The van der Waals surface area contributed by atoms with E-state index in [0.717, 1.165) is 16.7 Å². The van der Waals surface area contributed by atoms with E-state index >= 15 is 0 Å². The second-order valence-corrected chi connectivity index (χ2v) is 7.72. The fourth-order valence-corrected chi connectivity index (χ4v) is 3.78. The Kier molecular flexibility index (Phi) is 5.73. The van der Waals surface area contributed by atoms with E-state index in [1.807, 2.05) is 0 Å². The van der Waals surface area contributed by atoms with Gasteiger partial charge in [-0.15, -0.1) is 0 Å². The van der Waals surface area contributed by atoms with Gasteiger partial charge in [0.1, 0.15) is 4.32 Å². The van der Waals surface area contributed by atoms with Crippen LogP contribution in [-0.2, 0) is 9.59 Å². The van der Waals surface area contributed by atoms with Crippen molar-refractivity contribution in [1.82, 2.24) is 4.90 Å². The summed E-state index contributed by atoms with van der Waals surface area (Å²) in [5.41, 5.74) is 0.675. The van der Waals surface area contributed by atoms with E-state index in [9.17, 15) is 14.7 Å². The van der Waals surface area contributed by atoms with Gasteiger partial charge in [-0.3, -0.25) is 9.69 Å². The monoisotopic (exact) mass is 388 g/mol. The number of carboxylic acids is 1. The Hall–Kier alpha value is -1.08. The van der Waals surface area contributed by atoms with E-state index in [2.05, 4.69) is 0 Å². The minimum atomic E-state index is -1.33. The molecule has 0 bridgehead atoms. The zero-order valence-electron chi connectivity index (χ0n) is 12.2. The van der Waals surface area contributed by atoms with E-state index in [-0.39, 0.29) is 10.2 Å². The number of hydrogen-bond acceptors (Lipinski definition) is 5. The first-order valence-electron chi connectivity index (χ1n) is 6.65. The van der Waals surface area contributed by atoms with Crippen molar-refractivity contribution >= 4 is 69.5 Å². The van der Waals surface area contributed by atoms with E-state index in [4.69, 9.17) is 35.4 Å². The quantitative estimate of drug-likeness (QED) is 0.585. The molecule has 0 saturated carbocycles. The van der Waals surface area contributed by atoms with Gasteiger partial charge in [-0.1, -0.05) is 67.1 Å². The molecule has 1 heterocycles. The zero-order chi connectivity index (χ0) is 17.3. The lowest BCUT2D eigenvalue weighted by atomic mass is 10.0. The number of halogens is 2. The lowest BCUT2D eigenvalue weighted by Gasteiger charge is -2.30. The molecule has 23 heavy (non-hydrogen) atoms. The van der Waals surface area contributed by atoms with Crippen LogP contribution in [0.3, 0.4) is 0 Å². The number of carbonyl (C=O) groups excluding carboxylic acids is 2. The minimum absolute atomic E-state index is 0.198. The summed E-state index contributed by atoms with van der Waals surface area (Å²) in [7, 11) is 0. The fourth-order valence-electron chi connectivity index (χ4n) is 2.15. The molecule has 0 aromatic heterocycles. The average Bonchev–Trinajstić information content (AvgIpc) is 2.70. The molecular formula is C15H12Cl2NO3S2-. The van der Waals surface area contributed by atoms with Crippen molar-refractivity contribution in [3.05, 3.63) is 38.7 Å². The van der Waals surface area contributed by atoms with Gasteiger partial charge in [0, 0.05) is 0 Å².